The van der Waals surface area contributed by atoms with Gasteiger partial charge in [0.2, 0.25) is 0 Å². The molecule has 0 aromatic heterocycles. The molecule has 1 aliphatic rings. The molecular weight excluding hydrogens is 258 g/mol. The Morgan fingerprint density at radius 2 is 1.78 bits per heavy atom. The zero-order valence-corrected chi connectivity index (χ0v) is 11.6. The fraction of sp³-hybridized carbons (Fsp3) is 0.133. The van der Waals surface area contributed by atoms with Crippen LogP contribution in [0.5, 0.6) is 0 Å². The second-order valence-corrected chi connectivity index (χ2v) is 6.17. The number of para-hydroxylation sites is 1. The quantitative estimate of drug-likeness (QED) is 0.765. The van der Waals surface area contributed by atoms with Crippen LogP contribution in [0.4, 0.5) is 5.69 Å². The van der Waals surface area contributed by atoms with Crippen LogP contribution in [0.3, 0.4) is 0 Å². The molecule has 0 aliphatic carbocycles. The third-order valence-corrected chi connectivity index (χ3v) is 4.61. The number of thiocarbonyl (C=S) groups is 1. The number of benzene rings is 2. The van der Waals surface area contributed by atoms with E-state index >= 15 is 0 Å². The molecule has 0 radical (unpaired) electrons. The molecule has 1 N–H and O–H groups in total. The summed E-state index contributed by atoms with van der Waals surface area (Å²) >= 11 is 7.19. The monoisotopic (exact) mass is 271 g/mol. The first-order chi connectivity index (χ1) is 8.74. The van der Waals surface area contributed by atoms with Crippen molar-refractivity contribution in [3.05, 3.63) is 65.2 Å². The van der Waals surface area contributed by atoms with Crippen LogP contribution in [-0.2, 0) is 0 Å². The summed E-state index contributed by atoms with van der Waals surface area (Å²) in [5, 5.41) is 3.75. The number of fused-ring (bicyclic) bond motifs is 1. The minimum Gasteiger partial charge on any atom is -0.369 e. The van der Waals surface area contributed by atoms with Gasteiger partial charge in [0.05, 0.1) is 4.20 Å². The van der Waals surface area contributed by atoms with Crippen LogP contribution in [0.25, 0.3) is 0 Å². The van der Waals surface area contributed by atoms with Crippen molar-refractivity contribution in [2.24, 2.45) is 0 Å². The Balaban J connectivity index is 1.94. The van der Waals surface area contributed by atoms with Crippen LogP contribution in [-0.4, -0.2) is 4.20 Å². The van der Waals surface area contributed by atoms with Gasteiger partial charge in [-0.15, -0.1) is 0 Å². The lowest BCUT2D eigenvalue weighted by atomic mass is 10.1. The maximum atomic E-state index is 5.49. The molecule has 3 heteroatoms. The maximum absolute atomic E-state index is 5.49. The molecule has 1 unspecified atom stereocenters. The predicted molar refractivity (Wildman–Crippen MR) is 83.3 cm³/mol. The zero-order chi connectivity index (χ0) is 12.5. The Labute approximate surface area is 117 Å². The second-order valence-electron chi connectivity index (χ2n) is 4.39. The highest BCUT2D eigenvalue weighted by atomic mass is 32.2. The molecule has 18 heavy (non-hydrogen) atoms. The van der Waals surface area contributed by atoms with Gasteiger partial charge >= 0.3 is 0 Å². The highest BCUT2D eigenvalue weighted by Gasteiger charge is 2.23. The van der Waals surface area contributed by atoms with Gasteiger partial charge in [0, 0.05) is 11.3 Å². The average Bonchev–Trinajstić information content (AvgIpc) is 2.39. The fourth-order valence-corrected chi connectivity index (χ4v) is 3.49. The Morgan fingerprint density at radius 1 is 1.06 bits per heavy atom. The van der Waals surface area contributed by atoms with Gasteiger partial charge in [-0.05, 0) is 18.6 Å². The van der Waals surface area contributed by atoms with E-state index in [1.165, 1.54) is 11.1 Å². The van der Waals surface area contributed by atoms with Gasteiger partial charge in [-0.3, -0.25) is 0 Å². The van der Waals surface area contributed by atoms with Crippen LogP contribution in [0.15, 0.2) is 48.5 Å². The van der Waals surface area contributed by atoms with Gasteiger partial charge in [0.1, 0.15) is 5.37 Å². The largest absolute Gasteiger partial charge is 0.369 e. The number of aryl methyl sites for hydroxylation is 1. The van der Waals surface area contributed by atoms with Crippen LogP contribution in [0, 0.1) is 6.92 Å². The molecule has 90 valence electrons. The molecule has 1 aliphatic heterocycles. The minimum atomic E-state index is 0.216. The number of hydrogen-bond donors (Lipinski definition) is 1. The van der Waals surface area contributed by atoms with Crippen molar-refractivity contribution in [2.75, 3.05) is 5.32 Å². The molecule has 1 atom stereocenters. The van der Waals surface area contributed by atoms with Gasteiger partial charge in [0.15, 0.2) is 0 Å². The Hall–Kier alpha value is -1.32. The average molecular weight is 271 g/mol. The van der Waals surface area contributed by atoms with Crippen molar-refractivity contribution in [3.8, 4) is 0 Å². The summed E-state index contributed by atoms with van der Waals surface area (Å²) in [6, 6.07) is 16.8. The SMILES string of the molecule is Cc1ccc(C2Nc3ccccc3C(=S)S2)cc1. The number of rotatable bonds is 1. The van der Waals surface area contributed by atoms with E-state index in [9.17, 15) is 0 Å². The first-order valence-electron chi connectivity index (χ1n) is 5.87. The van der Waals surface area contributed by atoms with E-state index in [1.54, 1.807) is 11.8 Å². The summed E-state index contributed by atoms with van der Waals surface area (Å²) < 4.78 is 0.968. The Kier molecular flexibility index (Phi) is 3.10. The van der Waals surface area contributed by atoms with Crippen molar-refractivity contribution in [3.63, 3.8) is 0 Å². The smallest absolute Gasteiger partial charge is 0.103 e. The van der Waals surface area contributed by atoms with E-state index in [1.807, 2.05) is 12.1 Å². The highest BCUT2D eigenvalue weighted by Crippen LogP contribution is 2.40. The molecule has 2 aromatic rings. The van der Waals surface area contributed by atoms with Crippen LogP contribution in [0.2, 0.25) is 0 Å². The molecule has 1 nitrogen and oxygen atoms in total. The van der Waals surface area contributed by atoms with Crippen molar-refractivity contribution >= 4 is 33.9 Å². The van der Waals surface area contributed by atoms with E-state index < -0.39 is 0 Å². The third kappa shape index (κ3) is 2.16. The summed E-state index contributed by atoms with van der Waals surface area (Å²) in [5.41, 5.74) is 4.82. The van der Waals surface area contributed by atoms with Gasteiger partial charge in [-0.1, -0.05) is 72.0 Å². The van der Waals surface area contributed by atoms with E-state index in [2.05, 4.69) is 48.6 Å². The lowest BCUT2D eigenvalue weighted by Crippen LogP contribution is -2.17. The van der Waals surface area contributed by atoms with Gasteiger partial charge in [-0.25, -0.2) is 0 Å². The lowest BCUT2D eigenvalue weighted by molar-refractivity contribution is 1.11. The first kappa shape index (κ1) is 11.8. The summed E-state index contributed by atoms with van der Waals surface area (Å²) in [4.78, 5) is 0. The lowest BCUT2D eigenvalue weighted by Gasteiger charge is -2.27. The van der Waals surface area contributed by atoms with Crippen LogP contribution in [0.1, 0.15) is 22.1 Å². The van der Waals surface area contributed by atoms with Crippen LogP contribution < -0.4 is 5.32 Å². The summed E-state index contributed by atoms with van der Waals surface area (Å²) in [6.45, 7) is 2.10. The standard InChI is InChI=1S/C15H13NS2/c1-10-6-8-11(9-7-10)14-16-13-5-3-2-4-12(13)15(17)18-14/h2-9,14,16H,1H3. The third-order valence-electron chi connectivity index (χ3n) is 3.04. The Morgan fingerprint density at radius 3 is 2.56 bits per heavy atom. The zero-order valence-electron chi connectivity index (χ0n) is 10.0. The molecule has 0 fully saturated rings. The molecule has 3 rings (SSSR count). The molecule has 0 amide bonds. The minimum absolute atomic E-state index is 0.216. The number of anilines is 1. The molecule has 1 heterocycles. The summed E-state index contributed by atoms with van der Waals surface area (Å²) in [7, 11) is 0. The van der Waals surface area contributed by atoms with Gasteiger partial charge < -0.3 is 5.32 Å². The number of nitrogens with one attached hydrogen (secondary N) is 1. The highest BCUT2D eigenvalue weighted by molar-refractivity contribution is 8.24. The molecule has 0 spiro atoms. The number of thioether (sulfide) groups is 1. The first-order valence-corrected chi connectivity index (χ1v) is 7.16. The predicted octanol–water partition coefficient (Wildman–Crippen LogP) is 4.53. The molecular formula is C15H13NS2. The topological polar surface area (TPSA) is 12.0 Å². The normalized spacial score (nSPS) is 18.1. The molecule has 2 aromatic carbocycles. The Bertz CT molecular complexity index is 590. The van der Waals surface area contributed by atoms with E-state index in [0.29, 0.717) is 0 Å². The van der Waals surface area contributed by atoms with Crippen molar-refractivity contribution in [2.45, 2.75) is 12.3 Å². The van der Waals surface area contributed by atoms with Gasteiger partial charge in [0.25, 0.3) is 0 Å². The number of hydrogen-bond acceptors (Lipinski definition) is 3. The molecule has 0 saturated heterocycles. The van der Waals surface area contributed by atoms with E-state index in [0.717, 1.165) is 15.4 Å². The van der Waals surface area contributed by atoms with Crippen LogP contribution >= 0.6 is 24.0 Å². The molecule has 0 bridgehead atoms. The fourth-order valence-electron chi connectivity index (χ4n) is 2.02. The summed E-state index contributed by atoms with van der Waals surface area (Å²) in [6.07, 6.45) is 0. The van der Waals surface area contributed by atoms with Crippen molar-refractivity contribution in [1.82, 2.24) is 0 Å². The summed E-state index contributed by atoms with van der Waals surface area (Å²) in [5.74, 6) is 0. The molecule has 0 saturated carbocycles. The van der Waals surface area contributed by atoms with Crippen molar-refractivity contribution in [1.29, 1.82) is 0 Å². The second kappa shape index (κ2) is 4.75. The van der Waals surface area contributed by atoms with E-state index in [4.69, 9.17) is 12.2 Å². The van der Waals surface area contributed by atoms with Crippen molar-refractivity contribution < 1.29 is 0 Å². The maximum Gasteiger partial charge on any atom is 0.103 e. The van der Waals surface area contributed by atoms with Gasteiger partial charge in [-0.2, -0.15) is 0 Å². The van der Waals surface area contributed by atoms with E-state index in [-0.39, 0.29) is 5.37 Å².